The molecule has 0 atom stereocenters. The lowest BCUT2D eigenvalue weighted by Crippen LogP contribution is -2.37. The van der Waals surface area contributed by atoms with Crippen LogP contribution in [0.3, 0.4) is 0 Å². The van der Waals surface area contributed by atoms with E-state index in [1.54, 1.807) is 18.1 Å². The zero-order chi connectivity index (χ0) is 13.9. The van der Waals surface area contributed by atoms with Crippen molar-refractivity contribution < 1.29 is 9.53 Å². The molecule has 2 aromatic rings. The van der Waals surface area contributed by atoms with Gasteiger partial charge in [0, 0.05) is 12.4 Å². The van der Waals surface area contributed by atoms with E-state index in [9.17, 15) is 4.79 Å². The molecule has 0 aliphatic carbocycles. The highest BCUT2D eigenvalue weighted by Gasteiger charge is 2.19. The van der Waals surface area contributed by atoms with Gasteiger partial charge in [-0.1, -0.05) is 6.07 Å². The van der Waals surface area contributed by atoms with Crippen LogP contribution in [0.15, 0.2) is 42.5 Å². The van der Waals surface area contributed by atoms with Crippen LogP contribution in [0.2, 0.25) is 0 Å². The maximum absolute atomic E-state index is 11.5. The first-order chi connectivity index (χ1) is 9.76. The number of nitrogens with one attached hydrogen (secondary N) is 2. The van der Waals surface area contributed by atoms with Crippen LogP contribution < -0.4 is 11.0 Å². The Labute approximate surface area is 115 Å². The summed E-state index contributed by atoms with van der Waals surface area (Å²) in [6, 6.07) is 5.84. The lowest BCUT2D eigenvalue weighted by atomic mass is 10.4. The number of carbonyl (C=O) groups is 1. The average molecular weight is 273 g/mol. The van der Waals surface area contributed by atoms with Crippen molar-refractivity contribution in [3.05, 3.63) is 48.2 Å². The summed E-state index contributed by atoms with van der Waals surface area (Å²) in [7, 11) is 0. The summed E-state index contributed by atoms with van der Waals surface area (Å²) < 4.78 is 6.87. The number of hydrogen-bond donors (Lipinski definition) is 2. The van der Waals surface area contributed by atoms with Gasteiger partial charge in [0.2, 0.25) is 0 Å². The van der Waals surface area contributed by atoms with Crippen LogP contribution in [0.25, 0.3) is 5.65 Å². The third-order valence-electron chi connectivity index (χ3n) is 2.86. The summed E-state index contributed by atoms with van der Waals surface area (Å²) in [5, 5.41) is 1.74. The minimum atomic E-state index is -0.377. The van der Waals surface area contributed by atoms with Crippen molar-refractivity contribution in [2.24, 2.45) is 0 Å². The summed E-state index contributed by atoms with van der Waals surface area (Å²) in [6.45, 7) is 2.66. The Kier molecular flexibility index (Phi) is 3.26. The van der Waals surface area contributed by atoms with Crippen molar-refractivity contribution in [3.8, 4) is 0 Å². The van der Waals surface area contributed by atoms with Crippen molar-refractivity contribution in [3.63, 3.8) is 0 Å². The second kappa shape index (κ2) is 5.22. The third kappa shape index (κ3) is 2.43. The highest BCUT2D eigenvalue weighted by Crippen LogP contribution is 2.09. The molecule has 104 valence electrons. The Morgan fingerprint density at radius 1 is 1.45 bits per heavy atom. The Morgan fingerprint density at radius 2 is 2.35 bits per heavy atom. The second-order valence-electron chi connectivity index (χ2n) is 4.33. The fourth-order valence-electron chi connectivity index (χ4n) is 1.99. The number of hydrazine groups is 2. The Hall–Kier alpha value is -2.54. The Balaban J connectivity index is 1.71. The van der Waals surface area contributed by atoms with Gasteiger partial charge in [-0.2, -0.15) is 0 Å². The normalized spacial score (nSPS) is 14.2. The van der Waals surface area contributed by atoms with E-state index >= 15 is 0 Å². The van der Waals surface area contributed by atoms with E-state index < -0.39 is 0 Å². The van der Waals surface area contributed by atoms with Crippen molar-refractivity contribution in [1.82, 2.24) is 25.4 Å². The quantitative estimate of drug-likeness (QED) is 0.793. The number of aromatic nitrogens is 2. The molecule has 0 spiro atoms. The molecule has 7 heteroatoms. The topological polar surface area (TPSA) is 70.9 Å². The largest absolute Gasteiger partial charge is 0.461 e. The molecule has 0 saturated heterocycles. The van der Waals surface area contributed by atoms with Crippen molar-refractivity contribution >= 4 is 11.6 Å². The number of nitrogens with zero attached hydrogens (tertiary/aromatic N) is 3. The van der Waals surface area contributed by atoms with Crippen LogP contribution in [0.1, 0.15) is 12.6 Å². The molecule has 3 heterocycles. The van der Waals surface area contributed by atoms with Gasteiger partial charge in [-0.25, -0.2) is 9.78 Å². The first-order valence-corrected chi connectivity index (χ1v) is 6.36. The van der Waals surface area contributed by atoms with E-state index in [0.29, 0.717) is 18.8 Å². The lowest BCUT2D eigenvalue weighted by Gasteiger charge is -2.12. The SMILES string of the molecule is CCOC(=O)C1=CN(Cc2cn3ccccc3n2)NN1. The number of fused-ring (bicyclic) bond motifs is 1. The summed E-state index contributed by atoms with van der Waals surface area (Å²) in [5.41, 5.74) is 7.83. The Morgan fingerprint density at radius 3 is 3.15 bits per heavy atom. The minimum absolute atomic E-state index is 0.351. The minimum Gasteiger partial charge on any atom is -0.461 e. The number of imidazole rings is 1. The standard InChI is InChI=1S/C13H15N5O2/c1-2-20-13(19)11-9-18(16-15-11)8-10-7-17-6-4-3-5-12(17)14-10/h3-7,9,15-16H,2,8H2,1H3. The van der Waals surface area contributed by atoms with Crippen LogP contribution in [0.5, 0.6) is 0 Å². The van der Waals surface area contributed by atoms with E-state index in [1.807, 2.05) is 35.0 Å². The molecule has 0 aromatic carbocycles. The summed E-state index contributed by atoms with van der Waals surface area (Å²) in [5.74, 6) is -0.377. The monoisotopic (exact) mass is 273 g/mol. The zero-order valence-corrected chi connectivity index (χ0v) is 11.0. The van der Waals surface area contributed by atoms with Gasteiger partial charge >= 0.3 is 5.97 Å². The molecule has 1 aliphatic rings. The average Bonchev–Trinajstić information content (AvgIpc) is 3.05. The molecule has 20 heavy (non-hydrogen) atoms. The highest BCUT2D eigenvalue weighted by atomic mass is 16.5. The maximum Gasteiger partial charge on any atom is 0.357 e. The van der Waals surface area contributed by atoms with Crippen molar-refractivity contribution in [1.29, 1.82) is 0 Å². The molecular formula is C13H15N5O2. The van der Waals surface area contributed by atoms with Gasteiger partial charge in [-0.3, -0.25) is 10.4 Å². The predicted octanol–water partition coefficient (Wildman–Crippen LogP) is 0.564. The van der Waals surface area contributed by atoms with Gasteiger partial charge in [0.25, 0.3) is 0 Å². The second-order valence-corrected chi connectivity index (χ2v) is 4.33. The molecule has 0 amide bonds. The highest BCUT2D eigenvalue weighted by molar-refractivity contribution is 5.87. The van der Waals surface area contributed by atoms with Crippen molar-refractivity contribution in [2.45, 2.75) is 13.5 Å². The smallest absolute Gasteiger partial charge is 0.357 e. The van der Waals surface area contributed by atoms with Gasteiger partial charge in [0.1, 0.15) is 5.65 Å². The van der Waals surface area contributed by atoms with Crippen LogP contribution in [0, 0.1) is 0 Å². The van der Waals surface area contributed by atoms with Gasteiger partial charge in [-0.05, 0) is 19.1 Å². The molecule has 2 aromatic heterocycles. The van der Waals surface area contributed by atoms with Crippen LogP contribution in [-0.4, -0.2) is 27.0 Å². The van der Waals surface area contributed by atoms with E-state index in [2.05, 4.69) is 15.9 Å². The number of esters is 1. The summed E-state index contributed by atoms with van der Waals surface area (Å²) >= 11 is 0. The van der Waals surface area contributed by atoms with Gasteiger partial charge in [0.15, 0.2) is 5.70 Å². The molecule has 0 bridgehead atoms. The molecular weight excluding hydrogens is 258 g/mol. The van der Waals surface area contributed by atoms with Crippen LogP contribution in [0.4, 0.5) is 0 Å². The number of hydrogen-bond acceptors (Lipinski definition) is 6. The van der Waals surface area contributed by atoms with E-state index in [4.69, 9.17) is 4.74 Å². The molecule has 2 N–H and O–H groups in total. The zero-order valence-electron chi connectivity index (χ0n) is 11.0. The van der Waals surface area contributed by atoms with Crippen molar-refractivity contribution in [2.75, 3.05) is 6.61 Å². The molecule has 0 fully saturated rings. The fourth-order valence-corrected chi connectivity index (χ4v) is 1.99. The molecule has 0 saturated carbocycles. The third-order valence-corrected chi connectivity index (χ3v) is 2.86. The van der Waals surface area contributed by atoms with Gasteiger partial charge < -0.3 is 9.14 Å². The molecule has 0 unspecified atom stereocenters. The first-order valence-electron chi connectivity index (χ1n) is 6.36. The number of pyridine rings is 1. The molecule has 7 nitrogen and oxygen atoms in total. The molecule has 3 rings (SSSR count). The van der Waals surface area contributed by atoms with Crippen LogP contribution in [-0.2, 0) is 16.1 Å². The maximum atomic E-state index is 11.5. The number of carbonyl (C=O) groups excluding carboxylic acids is 1. The van der Waals surface area contributed by atoms with E-state index in [-0.39, 0.29) is 5.97 Å². The Bertz CT molecular complexity index is 631. The summed E-state index contributed by atoms with van der Waals surface area (Å²) in [4.78, 5) is 16.0. The lowest BCUT2D eigenvalue weighted by molar-refractivity contribution is -0.138. The van der Waals surface area contributed by atoms with E-state index in [0.717, 1.165) is 11.3 Å². The van der Waals surface area contributed by atoms with Gasteiger partial charge in [-0.15, -0.1) is 5.53 Å². The van der Waals surface area contributed by atoms with Gasteiger partial charge in [0.05, 0.1) is 25.0 Å². The van der Waals surface area contributed by atoms with E-state index in [1.165, 1.54) is 0 Å². The molecule has 1 aliphatic heterocycles. The first kappa shape index (κ1) is 12.5. The number of rotatable bonds is 4. The fraction of sp³-hybridized carbons (Fsp3) is 0.231. The van der Waals surface area contributed by atoms with Crippen LogP contribution >= 0.6 is 0 Å². The molecule has 0 radical (unpaired) electrons. The number of ether oxygens (including phenoxy) is 1. The predicted molar refractivity (Wildman–Crippen MR) is 71.7 cm³/mol. The summed E-state index contributed by atoms with van der Waals surface area (Å²) in [6.07, 6.45) is 5.57.